The molecule has 35 heavy (non-hydrogen) atoms. The van der Waals surface area contributed by atoms with E-state index in [0.29, 0.717) is 22.6 Å². The molecular weight excluding hydrogens is 456 g/mol. The lowest BCUT2D eigenvalue weighted by atomic mass is 10.0. The van der Waals surface area contributed by atoms with Gasteiger partial charge in [-0.2, -0.15) is 0 Å². The van der Waals surface area contributed by atoms with Crippen LogP contribution in [-0.2, 0) is 11.3 Å². The van der Waals surface area contributed by atoms with E-state index >= 15 is 0 Å². The number of nitrogens with one attached hydrogen (secondary N) is 1. The van der Waals surface area contributed by atoms with E-state index in [-0.39, 0.29) is 17.2 Å². The molecule has 0 atom stereocenters. The minimum Gasteiger partial charge on any atom is -0.325 e. The summed E-state index contributed by atoms with van der Waals surface area (Å²) in [7, 11) is 0. The average molecular weight is 479 g/mol. The van der Waals surface area contributed by atoms with E-state index in [2.05, 4.69) is 10.3 Å². The molecule has 2 heterocycles. The van der Waals surface area contributed by atoms with Crippen LogP contribution in [0.2, 0.25) is 0 Å². The number of pyridine rings is 1. The summed E-state index contributed by atoms with van der Waals surface area (Å²) in [6.07, 6.45) is 3.39. The summed E-state index contributed by atoms with van der Waals surface area (Å²) in [6, 6.07) is 28.6. The molecule has 1 amide bonds. The number of nitrogens with zero attached hydrogens (tertiary/aromatic N) is 3. The van der Waals surface area contributed by atoms with Crippen LogP contribution in [0.3, 0.4) is 0 Å². The van der Waals surface area contributed by atoms with Crippen LogP contribution in [0.5, 0.6) is 0 Å². The van der Waals surface area contributed by atoms with E-state index in [1.165, 1.54) is 11.8 Å². The molecule has 172 valence electrons. The van der Waals surface area contributed by atoms with Crippen LogP contribution in [0.1, 0.15) is 5.56 Å². The minimum absolute atomic E-state index is 0.115. The SMILES string of the molecule is O=C(CSc1nc2ccccc2c(=O)n1Cc1ccncc1)Nc1ccccc1-c1ccccc1. The summed E-state index contributed by atoms with van der Waals surface area (Å²) in [4.78, 5) is 35.0. The van der Waals surface area contributed by atoms with Crippen molar-refractivity contribution in [2.24, 2.45) is 0 Å². The monoisotopic (exact) mass is 478 g/mol. The molecule has 0 aliphatic rings. The molecule has 6 nitrogen and oxygen atoms in total. The van der Waals surface area contributed by atoms with Gasteiger partial charge in [-0.15, -0.1) is 0 Å². The Bertz CT molecular complexity index is 1540. The number of aromatic nitrogens is 3. The third kappa shape index (κ3) is 5.15. The molecule has 3 aromatic carbocycles. The zero-order chi connectivity index (χ0) is 24.0. The molecule has 1 N–H and O–H groups in total. The number of hydrogen-bond donors (Lipinski definition) is 1. The number of benzene rings is 3. The van der Waals surface area contributed by atoms with Crippen molar-refractivity contribution in [3.8, 4) is 11.1 Å². The van der Waals surface area contributed by atoms with Crippen LogP contribution in [0, 0.1) is 0 Å². The Balaban J connectivity index is 1.40. The van der Waals surface area contributed by atoms with Crippen molar-refractivity contribution in [3.63, 3.8) is 0 Å². The number of para-hydroxylation sites is 2. The van der Waals surface area contributed by atoms with Gasteiger partial charge in [0.1, 0.15) is 0 Å². The van der Waals surface area contributed by atoms with E-state index in [1.54, 1.807) is 23.0 Å². The van der Waals surface area contributed by atoms with Gasteiger partial charge >= 0.3 is 0 Å². The summed E-state index contributed by atoms with van der Waals surface area (Å²) in [5, 5.41) is 4.06. The fraction of sp³-hybridized carbons (Fsp3) is 0.0714. The second-order valence-electron chi connectivity index (χ2n) is 7.91. The highest BCUT2D eigenvalue weighted by atomic mass is 32.2. The Morgan fingerprint density at radius 1 is 0.857 bits per heavy atom. The summed E-state index contributed by atoms with van der Waals surface area (Å²) >= 11 is 1.25. The average Bonchev–Trinajstić information content (AvgIpc) is 2.91. The molecule has 7 heteroatoms. The molecule has 0 spiro atoms. The van der Waals surface area contributed by atoms with E-state index in [0.717, 1.165) is 22.4 Å². The van der Waals surface area contributed by atoms with Crippen LogP contribution in [0.15, 0.2) is 113 Å². The van der Waals surface area contributed by atoms with Crippen molar-refractivity contribution in [2.45, 2.75) is 11.7 Å². The number of carbonyl (C=O) groups excluding carboxylic acids is 1. The number of fused-ring (bicyclic) bond motifs is 1. The topological polar surface area (TPSA) is 76.9 Å². The largest absolute Gasteiger partial charge is 0.325 e. The first-order valence-corrected chi connectivity index (χ1v) is 12.1. The first-order chi connectivity index (χ1) is 17.2. The number of anilines is 1. The zero-order valence-electron chi connectivity index (χ0n) is 18.8. The maximum Gasteiger partial charge on any atom is 0.262 e. The van der Waals surface area contributed by atoms with Gasteiger partial charge in [0.05, 0.1) is 23.2 Å². The molecule has 5 rings (SSSR count). The molecule has 0 bridgehead atoms. The van der Waals surface area contributed by atoms with Crippen LogP contribution < -0.4 is 10.9 Å². The Labute approximate surface area is 206 Å². The summed E-state index contributed by atoms with van der Waals surface area (Å²) < 4.78 is 1.62. The lowest BCUT2D eigenvalue weighted by Crippen LogP contribution is -2.25. The predicted octanol–water partition coefficient (Wildman–Crippen LogP) is 5.24. The van der Waals surface area contributed by atoms with Crippen molar-refractivity contribution in [2.75, 3.05) is 11.1 Å². The molecule has 0 saturated heterocycles. The second-order valence-corrected chi connectivity index (χ2v) is 8.85. The predicted molar refractivity (Wildman–Crippen MR) is 141 cm³/mol. The molecule has 5 aromatic rings. The minimum atomic E-state index is -0.170. The summed E-state index contributed by atoms with van der Waals surface area (Å²) in [5.74, 6) is -0.0548. The van der Waals surface area contributed by atoms with E-state index < -0.39 is 0 Å². The second kappa shape index (κ2) is 10.4. The highest BCUT2D eigenvalue weighted by Gasteiger charge is 2.15. The van der Waals surface area contributed by atoms with Crippen LogP contribution in [0.4, 0.5) is 5.69 Å². The molecule has 0 aliphatic carbocycles. The van der Waals surface area contributed by atoms with Crippen LogP contribution in [0.25, 0.3) is 22.0 Å². The van der Waals surface area contributed by atoms with Gasteiger partial charge in [-0.3, -0.25) is 19.1 Å². The van der Waals surface area contributed by atoms with Crippen molar-refractivity contribution in [1.82, 2.24) is 14.5 Å². The van der Waals surface area contributed by atoms with Gasteiger partial charge in [-0.1, -0.05) is 72.4 Å². The first kappa shape index (κ1) is 22.6. The molecule has 0 unspecified atom stereocenters. The quantitative estimate of drug-likeness (QED) is 0.256. The third-order valence-electron chi connectivity index (χ3n) is 5.53. The van der Waals surface area contributed by atoms with E-state index in [4.69, 9.17) is 4.98 Å². The van der Waals surface area contributed by atoms with Gasteiger partial charge in [0.2, 0.25) is 5.91 Å². The Morgan fingerprint density at radius 2 is 1.57 bits per heavy atom. The van der Waals surface area contributed by atoms with Crippen LogP contribution >= 0.6 is 11.8 Å². The molecule has 0 radical (unpaired) electrons. The van der Waals surface area contributed by atoms with Gasteiger partial charge in [0.25, 0.3) is 5.56 Å². The molecule has 0 aliphatic heterocycles. The highest BCUT2D eigenvalue weighted by Crippen LogP contribution is 2.28. The summed E-state index contributed by atoms with van der Waals surface area (Å²) in [6.45, 7) is 0.347. The fourth-order valence-corrected chi connectivity index (χ4v) is 4.64. The van der Waals surface area contributed by atoms with E-state index in [1.807, 2.05) is 84.9 Å². The lowest BCUT2D eigenvalue weighted by Gasteiger charge is -2.14. The molecule has 2 aromatic heterocycles. The smallest absolute Gasteiger partial charge is 0.262 e. The van der Waals surface area contributed by atoms with Gasteiger partial charge in [-0.05, 0) is 41.5 Å². The van der Waals surface area contributed by atoms with Gasteiger partial charge in [0, 0.05) is 23.6 Å². The van der Waals surface area contributed by atoms with Crippen molar-refractivity contribution < 1.29 is 4.79 Å². The van der Waals surface area contributed by atoms with Crippen molar-refractivity contribution in [3.05, 3.63) is 119 Å². The van der Waals surface area contributed by atoms with E-state index in [9.17, 15) is 9.59 Å². The normalized spacial score (nSPS) is 10.9. The maximum absolute atomic E-state index is 13.3. The number of amides is 1. The van der Waals surface area contributed by atoms with Gasteiger partial charge in [0.15, 0.2) is 5.16 Å². The number of hydrogen-bond acceptors (Lipinski definition) is 5. The Hall–Kier alpha value is -4.23. The zero-order valence-corrected chi connectivity index (χ0v) is 19.6. The van der Waals surface area contributed by atoms with Gasteiger partial charge < -0.3 is 5.32 Å². The van der Waals surface area contributed by atoms with Gasteiger partial charge in [-0.25, -0.2) is 4.98 Å². The number of rotatable bonds is 7. The van der Waals surface area contributed by atoms with Crippen LogP contribution in [-0.4, -0.2) is 26.2 Å². The lowest BCUT2D eigenvalue weighted by molar-refractivity contribution is -0.113. The maximum atomic E-state index is 13.3. The van der Waals surface area contributed by atoms with Crippen molar-refractivity contribution >= 4 is 34.3 Å². The highest BCUT2D eigenvalue weighted by molar-refractivity contribution is 7.99. The molecule has 0 saturated carbocycles. The number of thioether (sulfide) groups is 1. The standard InChI is InChI=1S/C28H22N4O2S/c33-26(30-24-12-6-4-10-22(24)21-8-2-1-3-9-21)19-35-28-31-25-13-7-5-11-23(25)27(34)32(28)18-20-14-16-29-17-15-20/h1-17H,18-19H2,(H,30,33). The fourth-order valence-electron chi connectivity index (χ4n) is 3.85. The molecule has 0 fully saturated rings. The summed E-state index contributed by atoms with van der Waals surface area (Å²) in [5.41, 5.74) is 4.13. The van der Waals surface area contributed by atoms with Crippen molar-refractivity contribution in [1.29, 1.82) is 0 Å². The first-order valence-electron chi connectivity index (χ1n) is 11.1. The Kier molecular flexibility index (Phi) is 6.68. The third-order valence-corrected chi connectivity index (χ3v) is 6.51. The number of carbonyl (C=O) groups is 1. The Morgan fingerprint density at radius 3 is 2.40 bits per heavy atom. The molecular formula is C28H22N4O2S.